The number of hydrogen-bond acceptors (Lipinski definition) is 2. The smallest absolute Gasteiger partial charge is 0.251 e. The number of benzene rings is 3. The van der Waals surface area contributed by atoms with Crippen molar-refractivity contribution >= 4 is 5.91 Å². The highest BCUT2D eigenvalue weighted by Gasteiger charge is 2.08. The molecule has 3 aromatic rings. The zero-order chi connectivity index (χ0) is 18.2. The van der Waals surface area contributed by atoms with Gasteiger partial charge in [-0.2, -0.15) is 0 Å². The van der Waals surface area contributed by atoms with Crippen LogP contribution in [0.1, 0.15) is 27.0 Å². The molecule has 0 atom stereocenters. The van der Waals surface area contributed by atoms with Gasteiger partial charge in [0, 0.05) is 12.1 Å². The SMILES string of the molecule is O=C(NCc1ccccc1COCc1ccccc1)c1cccc(F)c1. The number of amides is 1. The number of nitrogens with one attached hydrogen (secondary N) is 1. The summed E-state index contributed by atoms with van der Waals surface area (Å²) in [4.78, 5) is 12.2. The Morgan fingerprint density at radius 3 is 2.35 bits per heavy atom. The molecule has 0 aliphatic carbocycles. The number of halogens is 1. The van der Waals surface area contributed by atoms with Gasteiger partial charge < -0.3 is 10.1 Å². The van der Waals surface area contributed by atoms with E-state index < -0.39 is 5.82 Å². The number of hydrogen-bond donors (Lipinski definition) is 1. The summed E-state index contributed by atoms with van der Waals surface area (Å²) < 4.78 is 19.0. The summed E-state index contributed by atoms with van der Waals surface area (Å²) in [6.07, 6.45) is 0. The van der Waals surface area contributed by atoms with Gasteiger partial charge in [-0.25, -0.2) is 4.39 Å². The van der Waals surface area contributed by atoms with Crippen LogP contribution in [0.3, 0.4) is 0 Å². The van der Waals surface area contributed by atoms with Gasteiger partial charge in [-0.05, 0) is 34.9 Å². The van der Waals surface area contributed by atoms with E-state index in [2.05, 4.69) is 5.32 Å². The fourth-order valence-electron chi connectivity index (χ4n) is 2.63. The van der Waals surface area contributed by atoms with Crippen LogP contribution in [0.25, 0.3) is 0 Å². The molecule has 0 aliphatic rings. The van der Waals surface area contributed by atoms with Crippen LogP contribution in [-0.2, 0) is 24.5 Å². The Balaban J connectivity index is 1.57. The molecule has 0 spiro atoms. The van der Waals surface area contributed by atoms with E-state index in [1.807, 2.05) is 54.6 Å². The van der Waals surface area contributed by atoms with Crippen molar-refractivity contribution in [1.29, 1.82) is 0 Å². The van der Waals surface area contributed by atoms with Crippen molar-refractivity contribution < 1.29 is 13.9 Å². The molecule has 0 heterocycles. The summed E-state index contributed by atoms with van der Waals surface area (Å²) in [5, 5.41) is 2.83. The predicted octanol–water partition coefficient (Wildman–Crippen LogP) is 4.47. The molecule has 3 nitrogen and oxygen atoms in total. The summed E-state index contributed by atoms with van der Waals surface area (Å²) in [7, 11) is 0. The number of carbonyl (C=O) groups excluding carboxylic acids is 1. The molecule has 0 unspecified atom stereocenters. The van der Waals surface area contributed by atoms with E-state index in [9.17, 15) is 9.18 Å². The van der Waals surface area contributed by atoms with Crippen molar-refractivity contribution in [1.82, 2.24) is 5.32 Å². The molecule has 132 valence electrons. The molecule has 3 aromatic carbocycles. The highest BCUT2D eigenvalue weighted by atomic mass is 19.1. The second-order valence-electron chi connectivity index (χ2n) is 5.94. The molecule has 0 bridgehead atoms. The van der Waals surface area contributed by atoms with E-state index in [1.54, 1.807) is 6.07 Å². The van der Waals surface area contributed by atoms with Crippen LogP contribution in [-0.4, -0.2) is 5.91 Å². The summed E-state index contributed by atoms with van der Waals surface area (Å²) in [6.45, 7) is 1.35. The maximum absolute atomic E-state index is 13.2. The number of carbonyl (C=O) groups is 1. The molecule has 26 heavy (non-hydrogen) atoms. The average Bonchev–Trinajstić information content (AvgIpc) is 2.68. The minimum Gasteiger partial charge on any atom is -0.372 e. The maximum atomic E-state index is 13.2. The van der Waals surface area contributed by atoms with E-state index in [0.29, 0.717) is 25.3 Å². The molecule has 0 fully saturated rings. The van der Waals surface area contributed by atoms with Crippen molar-refractivity contribution in [3.63, 3.8) is 0 Å². The van der Waals surface area contributed by atoms with E-state index in [0.717, 1.165) is 16.7 Å². The van der Waals surface area contributed by atoms with Gasteiger partial charge in [-0.1, -0.05) is 60.7 Å². The fourth-order valence-corrected chi connectivity index (χ4v) is 2.63. The predicted molar refractivity (Wildman–Crippen MR) is 98.9 cm³/mol. The molecule has 0 aromatic heterocycles. The molecule has 1 N–H and O–H groups in total. The Morgan fingerprint density at radius 2 is 1.58 bits per heavy atom. The van der Waals surface area contributed by atoms with Crippen LogP contribution in [0.4, 0.5) is 4.39 Å². The minimum atomic E-state index is -0.424. The average molecular weight is 349 g/mol. The Morgan fingerprint density at radius 1 is 0.846 bits per heavy atom. The first-order valence-corrected chi connectivity index (χ1v) is 8.44. The summed E-state index contributed by atoms with van der Waals surface area (Å²) >= 11 is 0. The zero-order valence-electron chi connectivity index (χ0n) is 14.3. The number of ether oxygens (including phenoxy) is 1. The van der Waals surface area contributed by atoms with Gasteiger partial charge in [0.1, 0.15) is 5.82 Å². The van der Waals surface area contributed by atoms with Gasteiger partial charge in [0.15, 0.2) is 0 Å². The lowest BCUT2D eigenvalue weighted by atomic mass is 10.1. The van der Waals surface area contributed by atoms with E-state index >= 15 is 0 Å². The maximum Gasteiger partial charge on any atom is 0.251 e. The summed E-state index contributed by atoms with van der Waals surface area (Å²) in [5.74, 6) is -0.725. The first-order valence-electron chi connectivity index (χ1n) is 8.44. The lowest BCUT2D eigenvalue weighted by Gasteiger charge is -2.11. The van der Waals surface area contributed by atoms with Gasteiger partial charge in [0.05, 0.1) is 13.2 Å². The van der Waals surface area contributed by atoms with Crippen LogP contribution in [0.5, 0.6) is 0 Å². The Labute approximate surface area is 152 Å². The van der Waals surface area contributed by atoms with Gasteiger partial charge >= 0.3 is 0 Å². The second-order valence-corrected chi connectivity index (χ2v) is 5.94. The number of rotatable bonds is 7. The van der Waals surface area contributed by atoms with Crippen LogP contribution in [0.2, 0.25) is 0 Å². The molecular formula is C22H20FNO2. The van der Waals surface area contributed by atoms with E-state index in [1.165, 1.54) is 18.2 Å². The van der Waals surface area contributed by atoms with Gasteiger partial charge in [-0.15, -0.1) is 0 Å². The van der Waals surface area contributed by atoms with Gasteiger partial charge in [0.2, 0.25) is 0 Å². The Kier molecular flexibility index (Phi) is 6.12. The Bertz CT molecular complexity index is 865. The molecule has 0 saturated carbocycles. The third-order valence-corrected chi connectivity index (χ3v) is 4.01. The highest BCUT2D eigenvalue weighted by molar-refractivity contribution is 5.94. The molecule has 0 radical (unpaired) electrons. The van der Waals surface area contributed by atoms with Crippen molar-refractivity contribution in [3.05, 3.63) is 107 Å². The highest BCUT2D eigenvalue weighted by Crippen LogP contribution is 2.12. The second kappa shape index (κ2) is 8.92. The minimum absolute atomic E-state index is 0.301. The van der Waals surface area contributed by atoms with Crippen molar-refractivity contribution in [3.8, 4) is 0 Å². The van der Waals surface area contributed by atoms with Gasteiger partial charge in [-0.3, -0.25) is 4.79 Å². The molecule has 0 aliphatic heterocycles. The Hall–Kier alpha value is -2.98. The van der Waals surface area contributed by atoms with E-state index in [-0.39, 0.29) is 5.91 Å². The lowest BCUT2D eigenvalue weighted by molar-refractivity contribution is 0.0947. The topological polar surface area (TPSA) is 38.3 Å². The lowest BCUT2D eigenvalue weighted by Crippen LogP contribution is -2.23. The standard InChI is InChI=1S/C22H20FNO2/c23-21-12-6-11-18(13-21)22(25)24-14-19-9-4-5-10-20(19)16-26-15-17-7-2-1-3-8-17/h1-13H,14-16H2,(H,24,25). The van der Waals surface area contributed by atoms with Crippen molar-refractivity contribution in [2.24, 2.45) is 0 Å². The quantitative estimate of drug-likeness (QED) is 0.683. The van der Waals surface area contributed by atoms with Crippen molar-refractivity contribution in [2.45, 2.75) is 19.8 Å². The first-order chi connectivity index (χ1) is 12.7. The third kappa shape index (κ3) is 5.01. The van der Waals surface area contributed by atoms with Gasteiger partial charge in [0.25, 0.3) is 5.91 Å². The van der Waals surface area contributed by atoms with Crippen LogP contribution in [0, 0.1) is 5.82 Å². The first kappa shape index (κ1) is 17.8. The molecule has 4 heteroatoms. The summed E-state index contributed by atoms with van der Waals surface area (Å²) in [5.41, 5.74) is 3.42. The van der Waals surface area contributed by atoms with Crippen molar-refractivity contribution in [2.75, 3.05) is 0 Å². The monoisotopic (exact) mass is 349 g/mol. The van der Waals surface area contributed by atoms with Crippen LogP contribution in [0.15, 0.2) is 78.9 Å². The van der Waals surface area contributed by atoms with Crippen LogP contribution >= 0.6 is 0 Å². The summed E-state index contributed by atoms with van der Waals surface area (Å²) in [6, 6.07) is 23.4. The normalized spacial score (nSPS) is 10.5. The molecule has 1 amide bonds. The largest absolute Gasteiger partial charge is 0.372 e. The third-order valence-electron chi connectivity index (χ3n) is 4.01. The molecule has 3 rings (SSSR count). The zero-order valence-corrected chi connectivity index (χ0v) is 14.3. The molecule has 0 saturated heterocycles. The molecular weight excluding hydrogens is 329 g/mol. The van der Waals surface area contributed by atoms with E-state index in [4.69, 9.17) is 4.74 Å². The van der Waals surface area contributed by atoms with Crippen LogP contribution < -0.4 is 5.32 Å². The fraction of sp³-hybridized carbons (Fsp3) is 0.136.